The summed E-state index contributed by atoms with van der Waals surface area (Å²) in [7, 11) is 0. The minimum Gasteiger partial charge on any atom is -0.366 e. The van der Waals surface area contributed by atoms with E-state index >= 15 is 0 Å². The van der Waals surface area contributed by atoms with E-state index in [1.807, 2.05) is 16.7 Å². The number of halogens is 4. The number of nitrogens with one attached hydrogen (secondary N) is 1. The van der Waals surface area contributed by atoms with Crippen molar-refractivity contribution in [2.75, 3.05) is 44.2 Å². The second-order valence-corrected chi connectivity index (χ2v) is 7.06. The number of nitrogens with zero attached hydrogens (tertiary/aromatic N) is 5. The summed E-state index contributed by atoms with van der Waals surface area (Å²) < 4.78 is 38.9. The van der Waals surface area contributed by atoms with Crippen LogP contribution in [0.1, 0.15) is 12.5 Å². The van der Waals surface area contributed by atoms with Gasteiger partial charge in [-0.3, -0.25) is 14.5 Å². The van der Waals surface area contributed by atoms with Crippen LogP contribution in [0.5, 0.6) is 0 Å². The van der Waals surface area contributed by atoms with E-state index in [4.69, 9.17) is 11.6 Å². The average Bonchev–Trinajstić information content (AvgIpc) is 2.70. The normalized spacial score (nSPS) is 15.3. The molecule has 0 unspecified atom stereocenters. The molecule has 12 heteroatoms. The summed E-state index contributed by atoms with van der Waals surface area (Å²) in [6, 6.07) is 1.89. The quantitative estimate of drug-likeness (QED) is 0.753. The largest absolute Gasteiger partial charge is 0.417 e. The van der Waals surface area contributed by atoms with Crippen molar-refractivity contribution in [3.63, 3.8) is 0 Å². The van der Waals surface area contributed by atoms with Crippen LogP contribution in [0.3, 0.4) is 0 Å². The lowest BCUT2D eigenvalue weighted by atomic mass is 10.2. The molecule has 2 aromatic heterocycles. The fourth-order valence-corrected chi connectivity index (χ4v) is 3.34. The van der Waals surface area contributed by atoms with Crippen molar-refractivity contribution >= 4 is 23.2 Å². The van der Waals surface area contributed by atoms with Crippen LogP contribution in [0.25, 0.3) is 5.82 Å². The van der Waals surface area contributed by atoms with Gasteiger partial charge in [0, 0.05) is 38.9 Å². The lowest BCUT2D eigenvalue weighted by Crippen LogP contribution is -2.50. The topological polar surface area (TPSA) is 83.4 Å². The standard InChI is InChI=1S/C18H20ClF3N6O2/c1-2-23-15(29)11-26-5-7-27(8-6-26)13-10-25-28(17(30)16(13)19)14-4-3-12(9-24-14)18(20,21)22/h3-4,9-10H,2,5-8,11H2,1H3,(H,23,29). The van der Waals surface area contributed by atoms with Crippen LogP contribution >= 0.6 is 11.6 Å². The number of aromatic nitrogens is 3. The smallest absolute Gasteiger partial charge is 0.366 e. The van der Waals surface area contributed by atoms with Gasteiger partial charge in [0.05, 0.1) is 24.0 Å². The highest BCUT2D eigenvalue weighted by molar-refractivity contribution is 6.33. The number of hydrogen-bond donors (Lipinski definition) is 1. The fourth-order valence-electron chi connectivity index (χ4n) is 3.09. The molecule has 0 aliphatic carbocycles. The zero-order valence-corrected chi connectivity index (χ0v) is 16.9. The SMILES string of the molecule is CCNC(=O)CN1CCN(c2cnn(-c3ccc(C(F)(F)F)cn3)c(=O)c2Cl)CC1. The molecule has 0 bridgehead atoms. The first-order valence-corrected chi connectivity index (χ1v) is 9.64. The van der Waals surface area contributed by atoms with Crippen molar-refractivity contribution in [3.8, 4) is 5.82 Å². The van der Waals surface area contributed by atoms with E-state index in [2.05, 4.69) is 15.4 Å². The first-order chi connectivity index (χ1) is 14.2. The number of hydrogen-bond acceptors (Lipinski definition) is 6. The van der Waals surface area contributed by atoms with Gasteiger partial charge < -0.3 is 10.2 Å². The first kappa shape index (κ1) is 22.0. The molecule has 8 nitrogen and oxygen atoms in total. The Hall–Kier alpha value is -2.66. The number of amides is 1. The maximum Gasteiger partial charge on any atom is 0.417 e. The fraction of sp³-hybridized carbons (Fsp3) is 0.444. The van der Waals surface area contributed by atoms with E-state index in [-0.39, 0.29) is 16.7 Å². The minimum atomic E-state index is -4.52. The number of likely N-dealkylation sites (N-methyl/N-ethyl adjacent to an activating group) is 1. The molecule has 0 saturated carbocycles. The highest BCUT2D eigenvalue weighted by atomic mass is 35.5. The molecule has 1 amide bonds. The van der Waals surface area contributed by atoms with Crippen LogP contribution in [0.2, 0.25) is 5.02 Å². The molecule has 0 radical (unpaired) electrons. The van der Waals surface area contributed by atoms with E-state index in [9.17, 15) is 22.8 Å². The summed E-state index contributed by atoms with van der Waals surface area (Å²) >= 11 is 6.25. The van der Waals surface area contributed by atoms with Crippen LogP contribution in [0.4, 0.5) is 18.9 Å². The Kier molecular flexibility index (Phi) is 6.61. The number of pyridine rings is 1. The average molecular weight is 445 g/mol. The van der Waals surface area contributed by atoms with Gasteiger partial charge in [-0.05, 0) is 19.1 Å². The molecular formula is C18H20ClF3N6O2. The van der Waals surface area contributed by atoms with Crippen molar-refractivity contribution < 1.29 is 18.0 Å². The van der Waals surface area contributed by atoms with Gasteiger partial charge in [-0.1, -0.05) is 11.6 Å². The lowest BCUT2D eigenvalue weighted by Gasteiger charge is -2.35. The molecule has 1 N–H and O–H groups in total. The monoisotopic (exact) mass is 444 g/mol. The minimum absolute atomic E-state index is 0.0442. The Morgan fingerprint density at radius 2 is 1.90 bits per heavy atom. The molecule has 2 aromatic rings. The maximum atomic E-state index is 12.7. The number of carbonyl (C=O) groups excluding carboxylic acids is 1. The Morgan fingerprint density at radius 3 is 2.47 bits per heavy atom. The van der Waals surface area contributed by atoms with Crippen molar-refractivity contribution in [2.24, 2.45) is 0 Å². The Bertz CT molecular complexity index is 956. The third-order valence-corrected chi connectivity index (χ3v) is 5.00. The van der Waals surface area contributed by atoms with Crippen molar-refractivity contribution in [3.05, 3.63) is 45.5 Å². The molecule has 30 heavy (non-hydrogen) atoms. The highest BCUT2D eigenvalue weighted by Crippen LogP contribution is 2.29. The molecular weight excluding hydrogens is 425 g/mol. The summed E-state index contributed by atoms with van der Waals surface area (Å²) in [5.74, 6) is -0.106. The van der Waals surface area contributed by atoms with Gasteiger partial charge in [-0.2, -0.15) is 23.0 Å². The molecule has 0 atom stereocenters. The van der Waals surface area contributed by atoms with E-state index in [0.29, 0.717) is 51.2 Å². The molecule has 1 aliphatic rings. The third kappa shape index (κ3) is 4.90. The van der Waals surface area contributed by atoms with Crippen LogP contribution in [-0.2, 0) is 11.0 Å². The van der Waals surface area contributed by atoms with Crippen LogP contribution in [0.15, 0.2) is 29.3 Å². The van der Waals surface area contributed by atoms with Gasteiger partial charge in [0.15, 0.2) is 5.82 Å². The molecule has 162 valence electrons. The van der Waals surface area contributed by atoms with E-state index in [1.54, 1.807) is 0 Å². The summed E-state index contributed by atoms with van der Waals surface area (Å²) in [4.78, 5) is 31.9. The molecule has 0 spiro atoms. The van der Waals surface area contributed by atoms with Crippen molar-refractivity contribution in [1.82, 2.24) is 25.0 Å². The van der Waals surface area contributed by atoms with Gasteiger partial charge in [0.2, 0.25) is 5.91 Å². The molecule has 1 saturated heterocycles. The molecule has 3 rings (SSSR count). The summed E-state index contributed by atoms with van der Waals surface area (Å²) in [6.07, 6.45) is -2.49. The van der Waals surface area contributed by atoms with E-state index in [0.717, 1.165) is 16.8 Å². The van der Waals surface area contributed by atoms with Gasteiger partial charge in [0.1, 0.15) is 5.02 Å². The van der Waals surface area contributed by atoms with E-state index in [1.165, 1.54) is 6.20 Å². The highest BCUT2D eigenvalue weighted by Gasteiger charge is 2.31. The van der Waals surface area contributed by atoms with Crippen molar-refractivity contribution in [1.29, 1.82) is 0 Å². The number of carbonyl (C=O) groups is 1. The van der Waals surface area contributed by atoms with Crippen LogP contribution < -0.4 is 15.8 Å². The van der Waals surface area contributed by atoms with Crippen LogP contribution in [0, 0.1) is 0 Å². The summed E-state index contributed by atoms with van der Waals surface area (Å²) in [5, 5.41) is 6.68. The third-order valence-electron chi connectivity index (χ3n) is 4.65. The number of piperazine rings is 1. The van der Waals surface area contributed by atoms with Crippen molar-refractivity contribution in [2.45, 2.75) is 13.1 Å². The number of alkyl halides is 3. The number of rotatable bonds is 5. The molecule has 1 aliphatic heterocycles. The summed E-state index contributed by atoms with van der Waals surface area (Å²) in [6.45, 7) is 5.03. The zero-order chi connectivity index (χ0) is 21.9. The van der Waals surface area contributed by atoms with Gasteiger partial charge in [-0.25, -0.2) is 4.98 Å². The van der Waals surface area contributed by atoms with Crippen LogP contribution in [-0.4, -0.2) is 64.8 Å². The number of anilines is 1. The van der Waals surface area contributed by atoms with Gasteiger partial charge >= 0.3 is 6.18 Å². The second-order valence-electron chi connectivity index (χ2n) is 6.68. The molecule has 1 fully saturated rings. The Balaban J connectivity index is 1.73. The Labute approximate surface area is 175 Å². The zero-order valence-electron chi connectivity index (χ0n) is 16.1. The summed E-state index contributed by atoms with van der Waals surface area (Å²) in [5.41, 5.74) is -1.17. The van der Waals surface area contributed by atoms with Gasteiger partial charge in [0.25, 0.3) is 5.56 Å². The Morgan fingerprint density at radius 1 is 1.20 bits per heavy atom. The van der Waals surface area contributed by atoms with E-state index < -0.39 is 17.3 Å². The maximum absolute atomic E-state index is 12.7. The molecule has 0 aromatic carbocycles. The molecule has 3 heterocycles. The predicted molar refractivity (Wildman–Crippen MR) is 105 cm³/mol. The second kappa shape index (κ2) is 9.00. The predicted octanol–water partition coefficient (Wildman–Crippen LogP) is 1.56. The lowest BCUT2D eigenvalue weighted by molar-refractivity contribution is -0.137. The van der Waals surface area contributed by atoms with Gasteiger partial charge in [-0.15, -0.1) is 0 Å². The first-order valence-electron chi connectivity index (χ1n) is 9.26.